The lowest BCUT2D eigenvalue weighted by Gasteiger charge is -2.33. The van der Waals surface area contributed by atoms with Crippen LogP contribution in [0.1, 0.15) is 63.4 Å². The minimum Gasteiger partial charge on any atom is -0.352 e. The number of likely N-dealkylation sites (tertiary alicyclic amines) is 1. The Balaban J connectivity index is 1.18. The Morgan fingerprint density at radius 1 is 0.933 bits per heavy atom. The molecule has 7 heteroatoms. The van der Waals surface area contributed by atoms with E-state index in [0.717, 1.165) is 42.5 Å². The lowest BCUT2D eigenvalue weighted by molar-refractivity contribution is -0.134. The fourth-order valence-corrected chi connectivity index (χ4v) is 4.88. The lowest BCUT2D eigenvalue weighted by Crippen LogP contribution is -2.40. The number of aromatic nitrogens is 2. The fourth-order valence-electron chi connectivity index (χ4n) is 4.88. The molecule has 3 N–H and O–H groups in total. The van der Waals surface area contributed by atoms with E-state index in [9.17, 15) is 14.4 Å². The summed E-state index contributed by atoms with van der Waals surface area (Å²) < 4.78 is 0. The Labute approximate surface area is 176 Å². The quantitative estimate of drug-likeness (QED) is 0.680. The van der Waals surface area contributed by atoms with Gasteiger partial charge in [-0.15, -0.1) is 0 Å². The van der Waals surface area contributed by atoms with E-state index in [1.807, 2.05) is 23.1 Å². The Bertz CT molecular complexity index is 933. The first-order valence-electron chi connectivity index (χ1n) is 11.3. The average molecular weight is 413 g/mol. The lowest BCUT2D eigenvalue weighted by atomic mass is 9.86. The molecule has 2 amide bonds. The second kappa shape index (κ2) is 9.49. The topological polar surface area (TPSA) is 98.1 Å². The maximum absolute atomic E-state index is 12.6. The summed E-state index contributed by atoms with van der Waals surface area (Å²) in [4.78, 5) is 43.8. The van der Waals surface area contributed by atoms with Crippen molar-refractivity contribution < 1.29 is 9.59 Å². The van der Waals surface area contributed by atoms with Gasteiger partial charge in [-0.25, -0.2) is 4.79 Å². The van der Waals surface area contributed by atoms with Crippen LogP contribution in [0.25, 0.3) is 11.0 Å². The van der Waals surface area contributed by atoms with Gasteiger partial charge in [0.15, 0.2) is 0 Å². The molecule has 2 heterocycles. The third-order valence-corrected chi connectivity index (χ3v) is 6.70. The van der Waals surface area contributed by atoms with E-state index in [4.69, 9.17) is 0 Å². The average Bonchev–Trinajstić information content (AvgIpc) is 3.13. The molecule has 0 radical (unpaired) electrons. The third-order valence-electron chi connectivity index (χ3n) is 6.70. The highest BCUT2D eigenvalue weighted by molar-refractivity contribution is 5.78. The Hall–Kier alpha value is -2.57. The number of carbonyl (C=O) groups excluding carboxylic acids is 2. The van der Waals surface area contributed by atoms with Crippen molar-refractivity contribution in [3.63, 3.8) is 0 Å². The van der Waals surface area contributed by atoms with Crippen LogP contribution in [0.4, 0.5) is 0 Å². The van der Waals surface area contributed by atoms with E-state index in [-0.39, 0.29) is 11.6 Å². The van der Waals surface area contributed by atoms with Crippen LogP contribution >= 0.6 is 0 Å². The van der Waals surface area contributed by atoms with Crippen molar-refractivity contribution in [2.75, 3.05) is 13.1 Å². The predicted octanol–water partition coefficient (Wildman–Crippen LogP) is 3.07. The van der Waals surface area contributed by atoms with Gasteiger partial charge in [-0.2, -0.15) is 0 Å². The van der Waals surface area contributed by atoms with Gasteiger partial charge >= 0.3 is 5.69 Å². The van der Waals surface area contributed by atoms with Gasteiger partial charge in [0.2, 0.25) is 11.8 Å². The van der Waals surface area contributed by atoms with E-state index < -0.39 is 0 Å². The summed E-state index contributed by atoms with van der Waals surface area (Å²) in [7, 11) is 0. The van der Waals surface area contributed by atoms with E-state index in [0.29, 0.717) is 37.1 Å². The molecular weight excluding hydrogens is 380 g/mol. The summed E-state index contributed by atoms with van der Waals surface area (Å²) >= 11 is 0. The Morgan fingerprint density at radius 2 is 1.63 bits per heavy atom. The molecule has 0 bridgehead atoms. The zero-order valence-corrected chi connectivity index (χ0v) is 17.5. The minimum atomic E-state index is -0.227. The normalized spacial score (nSPS) is 18.6. The first-order chi connectivity index (χ1) is 14.6. The Morgan fingerprint density at radius 3 is 2.40 bits per heavy atom. The molecule has 0 spiro atoms. The SMILES string of the molecule is O=C(CC1CCN(C(=O)CC2CCCCC2)CC1)NCc1ccc2[nH]c(=O)[nH]c2c1. The highest BCUT2D eigenvalue weighted by Crippen LogP contribution is 2.28. The molecular formula is C23H32N4O3. The van der Waals surface area contributed by atoms with Crippen LogP contribution in [0.2, 0.25) is 0 Å². The molecule has 1 saturated heterocycles. The van der Waals surface area contributed by atoms with Gasteiger partial charge in [-0.05, 0) is 55.2 Å². The first-order valence-corrected chi connectivity index (χ1v) is 11.3. The van der Waals surface area contributed by atoms with Crippen LogP contribution < -0.4 is 11.0 Å². The predicted molar refractivity (Wildman–Crippen MR) is 116 cm³/mol. The van der Waals surface area contributed by atoms with Crippen LogP contribution in [0, 0.1) is 11.8 Å². The van der Waals surface area contributed by atoms with Crippen molar-refractivity contribution in [2.24, 2.45) is 11.8 Å². The van der Waals surface area contributed by atoms with Crippen molar-refractivity contribution in [1.82, 2.24) is 20.2 Å². The number of imidazole rings is 1. The van der Waals surface area contributed by atoms with Gasteiger partial charge in [-0.1, -0.05) is 25.3 Å². The van der Waals surface area contributed by atoms with Gasteiger partial charge in [0.05, 0.1) is 11.0 Å². The molecule has 2 aromatic rings. The molecule has 2 fully saturated rings. The second-order valence-corrected chi connectivity index (χ2v) is 8.97. The number of H-pyrrole nitrogens is 2. The maximum atomic E-state index is 12.6. The van der Waals surface area contributed by atoms with E-state index in [2.05, 4.69) is 15.3 Å². The van der Waals surface area contributed by atoms with Crippen molar-refractivity contribution in [1.29, 1.82) is 0 Å². The van der Waals surface area contributed by atoms with Crippen LogP contribution in [0.3, 0.4) is 0 Å². The van der Waals surface area contributed by atoms with Crippen molar-refractivity contribution in [2.45, 2.75) is 64.3 Å². The molecule has 1 aliphatic carbocycles. The van der Waals surface area contributed by atoms with Crippen LogP contribution in [-0.4, -0.2) is 39.8 Å². The molecule has 7 nitrogen and oxygen atoms in total. The molecule has 1 aromatic heterocycles. The number of nitrogens with one attached hydrogen (secondary N) is 3. The number of benzene rings is 1. The number of hydrogen-bond donors (Lipinski definition) is 3. The molecule has 0 unspecified atom stereocenters. The standard InChI is InChI=1S/C23H32N4O3/c28-21(24-15-18-6-7-19-20(12-18)26-23(30)25-19)13-17-8-10-27(11-9-17)22(29)14-16-4-2-1-3-5-16/h6-7,12,16-17H,1-5,8-11,13-15H2,(H,24,28)(H2,25,26,30). The highest BCUT2D eigenvalue weighted by atomic mass is 16.2. The summed E-state index contributed by atoms with van der Waals surface area (Å²) in [6.45, 7) is 2.00. The molecule has 0 atom stereocenters. The number of amides is 2. The van der Waals surface area contributed by atoms with Gasteiger partial charge in [0, 0.05) is 32.5 Å². The van der Waals surface area contributed by atoms with Crippen LogP contribution in [-0.2, 0) is 16.1 Å². The number of nitrogens with zero attached hydrogens (tertiary/aromatic N) is 1. The van der Waals surface area contributed by atoms with Crippen LogP contribution in [0.15, 0.2) is 23.0 Å². The van der Waals surface area contributed by atoms with E-state index in [1.165, 1.54) is 32.1 Å². The van der Waals surface area contributed by atoms with E-state index in [1.54, 1.807) is 0 Å². The monoisotopic (exact) mass is 412 g/mol. The molecule has 1 aliphatic heterocycles. The van der Waals surface area contributed by atoms with Crippen molar-refractivity contribution >= 4 is 22.8 Å². The largest absolute Gasteiger partial charge is 0.352 e. The third kappa shape index (κ3) is 5.32. The number of hydrogen-bond acceptors (Lipinski definition) is 3. The van der Waals surface area contributed by atoms with Gasteiger partial charge in [0.1, 0.15) is 0 Å². The van der Waals surface area contributed by atoms with Crippen molar-refractivity contribution in [3.8, 4) is 0 Å². The molecule has 1 saturated carbocycles. The summed E-state index contributed by atoms with van der Waals surface area (Å²) in [5.74, 6) is 1.28. The number of fused-ring (bicyclic) bond motifs is 1. The molecule has 1 aromatic carbocycles. The highest BCUT2D eigenvalue weighted by Gasteiger charge is 2.26. The smallest absolute Gasteiger partial charge is 0.323 e. The van der Waals surface area contributed by atoms with Crippen LogP contribution in [0.5, 0.6) is 0 Å². The molecule has 30 heavy (non-hydrogen) atoms. The maximum Gasteiger partial charge on any atom is 0.323 e. The fraction of sp³-hybridized carbons (Fsp3) is 0.609. The molecule has 162 valence electrons. The number of rotatable bonds is 6. The van der Waals surface area contributed by atoms with Gasteiger partial charge in [0.25, 0.3) is 0 Å². The summed E-state index contributed by atoms with van der Waals surface area (Å²) in [6, 6.07) is 5.63. The number of piperidine rings is 1. The summed E-state index contributed by atoms with van der Waals surface area (Å²) in [5, 5.41) is 2.98. The Kier molecular flexibility index (Phi) is 6.55. The minimum absolute atomic E-state index is 0.0460. The van der Waals surface area contributed by atoms with E-state index >= 15 is 0 Å². The molecule has 2 aliphatic rings. The zero-order chi connectivity index (χ0) is 20.9. The number of aromatic amines is 2. The van der Waals surface area contributed by atoms with Gasteiger partial charge < -0.3 is 20.2 Å². The second-order valence-electron chi connectivity index (χ2n) is 8.97. The summed E-state index contributed by atoms with van der Waals surface area (Å²) in [6.07, 6.45) is 9.29. The summed E-state index contributed by atoms with van der Waals surface area (Å²) in [5.41, 5.74) is 2.24. The first kappa shape index (κ1) is 20.7. The van der Waals surface area contributed by atoms with Crippen molar-refractivity contribution in [3.05, 3.63) is 34.2 Å². The van der Waals surface area contributed by atoms with Gasteiger partial charge in [-0.3, -0.25) is 9.59 Å². The molecule has 4 rings (SSSR count). The zero-order valence-electron chi connectivity index (χ0n) is 17.5. The number of carbonyl (C=O) groups is 2.